The SMILES string of the molecule is Cc1cccc(C)c1NC(=O)CN1C(=O)[C@@H]2[C@@H](C1=O)[C@H]1C=C[C@H]2CC1. The molecule has 1 saturated carbocycles. The van der Waals surface area contributed by atoms with E-state index < -0.39 is 0 Å². The standard InChI is InChI=1S/C20H22N2O3/c1-11-4-3-5-12(2)18(11)21-15(23)10-22-19(24)16-13-6-7-14(9-8-13)17(16)20(22)25/h3-7,13-14,16-17H,8-10H2,1-2H3,(H,21,23)/t13-,14-,16-,17-/m0/s1. The third-order valence-corrected chi connectivity index (χ3v) is 5.90. The van der Waals surface area contributed by atoms with Crippen LogP contribution in [0.15, 0.2) is 30.4 Å². The van der Waals surface area contributed by atoms with Crippen molar-refractivity contribution >= 4 is 23.4 Å². The number of nitrogens with one attached hydrogen (secondary N) is 1. The number of likely N-dealkylation sites (tertiary alicyclic amines) is 1. The van der Waals surface area contributed by atoms with Crippen LogP contribution in [0.4, 0.5) is 5.69 Å². The molecule has 1 aliphatic heterocycles. The van der Waals surface area contributed by atoms with Crippen LogP contribution in [0.25, 0.3) is 0 Å². The smallest absolute Gasteiger partial charge is 0.244 e. The van der Waals surface area contributed by atoms with Crippen LogP contribution in [0.3, 0.4) is 0 Å². The number of fused-ring (bicyclic) bond motifs is 1. The fourth-order valence-electron chi connectivity index (χ4n) is 4.63. The lowest BCUT2D eigenvalue weighted by molar-refractivity contribution is -0.142. The van der Waals surface area contributed by atoms with Crippen molar-refractivity contribution in [2.45, 2.75) is 26.7 Å². The Morgan fingerprint density at radius 1 is 1.04 bits per heavy atom. The lowest BCUT2D eigenvalue weighted by Crippen LogP contribution is -2.38. The Morgan fingerprint density at radius 2 is 1.56 bits per heavy atom. The van der Waals surface area contributed by atoms with Crippen molar-refractivity contribution in [3.05, 3.63) is 41.5 Å². The third-order valence-electron chi connectivity index (χ3n) is 5.90. The monoisotopic (exact) mass is 338 g/mol. The molecule has 1 heterocycles. The zero-order valence-electron chi connectivity index (χ0n) is 14.5. The van der Waals surface area contributed by atoms with E-state index in [2.05, 4.69) is 17.5 Å². The van der Waals surface area contributed by atoms with Gasteiger partial charge >= 0.3 is 0 Å². The maximum Gasteiger partial charge on any atom is 0.244 e. The van der Waals surface area contributed by atoms with Gasteiger partial charge in [-0.3, -0.25) is 19.3 Å². The second kappa shape index (κ2) is 5.83. The number of rotatable bonds is 3. The molecule has 4 aliphatic rings. The minimum atomic E-state index is -0.321. The quantitative estimate of drug-likeness (QED) is 0.680. The normalized spacial score (nSPS) is 29.9. The molecular weight excluding hydrogens is 316 g/mol. The molecule has 0 radical (unpaired) electrons. The molecule has 1 N–H and O–H groups in total. The zero-order chi connectivity index (χ0) is 17.7. The number of hydrogen-bond donors (Lipinski definition) is 1. The Hall–Kier alpha value is -2.43. The van der Waals surface area contributed by atoms with Crippen LogP contribution in [-0.2, 0) is 14.4 Å². The number of amides is 3. The van der Waals surface area contributed by atoms with Gasteiger partial charge in [-0.05, 0) is 49.7 Å². The van der Waals surface area contributed by atoms with E-state index in [0.717, 1.165) is 29.7 Å². The van der Waals surface area contributed by atoms with Crippen molar-refractivity contribution in [3.8, 4) is 0 Å². The molecule has 1 aromatic rings. The Kier molecular flexibility index (Phi) is 3.74. The molecule has 4 atom stereocenters. The van der Waals surface area contributed by atoms with Crippen molar-refractivity contribution in [1.29, 1.82) is 0 Å². The van der Waals surface area contributed by atoms with Crippen LogP contribution in [0.5, 0.6) is 0 Å². The predicted molar refractivity (Wildman–Crippen MR) is 93.6 cm³/mol. The highest BCUT2D eigenvalue weighted by Crippen LogP contribution is 2.49. The van der Waals surface area contributed by atoms with Crippen LogP contribution in [0.2, 0.25) is 0 Å². The van der Waals surface area contributed by atoms with Crippen LogP contribution in [0.1, 0.15) is 24.0 Å². The maximum absolute atomic E-state index is 12.8. The van der Waals surface area contributed by atoms with Gasteiger partial charge in [-0.15, -0.1) is 0 Å². The first kappa shape index (κ1) is 16.1. The van der Waals surface area contributed by atoms with Crippen molar-refractivity contribution in [2.75, 3.05) is 11.9 Å². The molecule has 3 aliphatic carbocycles. The van der Waals surface area contributed by atoms with E-state index in [1.54, 1.807) is 0 Å². The molecule has 1 aromatic carbocycles. The fourth-order valence-corrected chi connectivity index (χ4v) is 4.63. The molecule has 0 aromatic heterocycles. The first-order valence-corrected chi connectivity index (χ1v) is 8.87. The minimum absolute atomic E-state index is 0.151. The van der Waals surface area contributed by atoms with Gasteiger partial charge in [0.25, 0.3) is 0 Å². The summed E-state index contributed by atoms with van der Waals surface area (Å²) in [5.74, 6) is -0.890. The average Bonchev–Trinajstić information content (AvgIpc) is 2.86. The number of imide groups is 1. The first-order valence-electron chi connectivity index (χ1n) is 8.87. The van der Waals surface area contributed by atoms with Crippen molar-refractivity contribution in [1.82, 2.24) is 4.90 Å². The largest absolute Gasteiger partial charge is 0.324 e. The van der Waals surface area contributed by atoms with Crippen LogP contribution < -0.4 is 5.32 Å². The summed E-state index contributed by atoms with van der Waals surface area (Å²) in [6.07, 6.45) is 6.09. The number of carbonyl (C=O) groups excluding carboxylic acids is 3. The van der Waals surface area contributed by atoms with Crippen molar-refractivity contribution in [3.63, 3.8) is 0 Å². The molecule has 25 heavy (non-hydrogen) atoms. The average molecular weight is 338 g/mol. The summed E-state index contributed by atoms with van der Waals surface area (Å²) in [5, 5.41) is 2.87. The number of para-hydroxylation sites is 1. The highest BCUT2D eigenvalue weighted by Gasteiger charge is 2.56. The second-order valence-electron chi connectivity index (χ2n) is 7.42. The van der Waals surface area contributed by atoms with Crippen molar-refractivity contribution < 1.29 is 14.4 Å². The van der Waals surface area contributed by atoms with Gasteiger partial charge in [0.2, 0.25) is 17.7 Å². The summed E-state index contributed by atoms with van der Waals surface area (Å²) in [6.45, 7) is 3.65. The van der Waals surface area contributed by atoms with Gasteiger partial charge in [-0.1, -0.05) is 30.4 Å². The lowest BCUT2D eigenvalue weighted by Gasteiger charge is -2.38. The molecule has 3 amide bonds. The first-order chi connectivity index (χ1) is 12.0. The zero-order valence-corrected chi connectivity index (χ0v) is 14.5. The number of hydrogen-bond acceptors (Lipinski definition) is 3. The predicted octanol–water partition coefficient (Wildman–Crippen LogP) is 2.44. The number of carbonyl (C=O) groups is 3. The molecule has 2 fully saturated rings. The lowest BCUT2D eigenvalue weighted by atomic mass is 9.63. The third kappa shape index (κ3) is 2.49. The fraction of sp³-hybridized carbons (Fsp3) is 0.450. The second-order valence-corrected chi connectivity index (χ2v) is 7.42. The Morgan fingerprint density at radius 3 is 2.04 bits per heavy atom. The number of benzene rings is 1. The van der Waals surface area contributed by atoms with Gasteiger partial charge in [0.05, 0.1) is 11.8 Å². The minimum Gasteiger partial charge on any atom is -0.324 e. The van der Waals surface area contributed by atoms with E-state index >= 15 is 0 Å². The molecule has 5 rings (SSSR count). The van der Waals surface area contributed by atoms with E-state index in [0.29, 0.717) is 0 Å². The van der Waals surface area contributed by atoms with Gasteiger partial charge in [0.1, 0.15) is 6.54 Å². The van der Waals surface area contributed by atoms with Crippen LogP contribution in [-0.4, -0.2) is 29.2 Å². The van der Waals surface area contributed by atoms with Crippen molar-refractivity contribution in [2.24, 2.45) is 23.7 Å². The molecule has 1 saturated heterocycles. The molecule has 130 valence electrons. The number of aryl methyl sites for hydroxylation is 2. The van der Waals surface area contributed by atoms with E-state index in [4.69, 9.17) is 0 Å². The van der Waals surface area contributed by atoms with E-state index in [-0.39, 0.29) is 47.9 Å². The Bertz CT molecular complexity index is 746. The summed E-state index contributed by atoms with van der Waals surface area (Å²) >= 11 is 0. The molecule has 5 heteroatoms. The summed E-state index contributed by atoms with van der Waals surface area (Å²) in [6, 6.07) is 5.78. The summed E-state index contributed by atoms with van der Waals surface area (Å²) in [5.41, 5.74) is 2.68. The van der Waals surface area contributed by atoms with E-state index in [9.17, 15) is 14.4 Å². The Balaban J connectivity index is 1.51. The maximum atomic E-state index is 12.8. The van der Waals surface area contributed by atoms with Crippen LogP contribution in [0, 0.1) is 37.5 Å². The summed E-state index contributed by atoms with van der Waals surface area (Å²) in [4.78, 5) is 39.2. The number of nitrogens with zero attached hydrogens (tertiary/aromatic N) is 1. The van der Waals surface area contributed by atoms with Gasteiger partial charge in [-0.25, -0.2) is 0 Å². The Labute approximate surface area is 147 Å². The van der Waals surface area contributed by atoms with Crippen LogP contribution >= 0.6 is 0 Å². The number of allylic oxidation sites excluding steroid dienone is 2. The molecular formula is C20H22N2O3. The van der Waals surface area contributed by atoms with E-state index in [1.807, 2.05) is 32.0 Å². The topological polar surface area (TPSA) is 66.5 Å². The highest BCUT2D eigenvalue weighted by molar-refractivity contribution is 6.09. The number of anilines is 1. The summed E-state index contributed by atoms with van der Waals surface area (Å²) < 4.78 is 0. The van der Waals surface area contributed by atoms with E-state index in [1.165, 1.54) is 4.90 Å². The molecule has 2 bridgehead atoms. The van der Waals surface area contributed by atoms with Gasteiger partial charge in [0, 0.05) is 5.69 Å². The van der Waals surface area contributed by atoms with Gasteiger partial charge in [0.15, 0.2) is 0 Å². The molecule has 0 unspecified atom stereocenters. The highest BCUT2D eigenvalue weighted by atomic mass is 16.2. The molecule has 0 spiro atoms. The molecule has 5 nitrogen and oxygen atoms in total. The van der Waals surface area contributed by atoms with Gasteiger partial charge in [-0.2, -0.15) is 0 Å². The summed E-state index contributed by atoms with van der Waals surface area (Å²) in [7, 11) is 0. The van der Waals surface area contributed by atoms with Gasteiger partial charge < -0.3 is 5.32 Å².